The summed E-state index contributed by atoms with van der Waals surface area (Å²) < 4.78 is 11.6. The van der Waals surface area contributed by atoms with Gasteiger partial charge in [0.15, 0.2) is 11.6 Å². The van der Waals surface area contributed by atoms with Gasteiger partial charge in [0, 0.05) is 36.6 Å². The first-order valence-electron chi connectivity index (χ1n) is 14.6. The molecule has 0 saturated carbocycles. The number of carbonyl (C=O) groups excluding carboxylic acids is 3. The topological polar surface area (TPSA) is 149 Å². The Balaban J connectivity index is 1.55. The fourth-order valence-electron chi connectivity index (χ4n) is 5.65. The van der Waals surface area contributed by atoms with Gasteiger partial charge in [-0.3, -0.25) is 29.6 Å². The van der Waals surface area contributed by atoms with Crippen LogP contribution in [0.25, 0.3) is 0 Å². The van der Waals surface area contributed by atoms with Gasteiger partial charge in [0.25, 0.3) is 11.6 Å². The van der Waals surface area contributed by atoms with Crippen molar-refractivity contribution in [3.63, 3.8) is 0 Å². The van der Waals surface area contributed by atoms with Crippen molar-refractivity contribution >= 4 is 41.5 Å². The first-order valence-corrected chi connectivity index (χ1v) is 15.7. The molecule has 0 aromatic heterocycles. The highest BCUT2D eigenvalue weighted by Crippen LogP contribution is 2.52. The molecule has 46 heavy (non-hydrogen) atoms. The van der Waals surface area contributed by atoms with Crippen LogP contribution in [0, 0.1) is 16.0 Å². The molecule has 3 atom stereocenters. The Morgan fingerprint density at radius 3 is 2.13 bits per heavy atom. The summed E-state index contributed by atoms with van der Waals surface area (Å²) in [5, 5.41) is 20.7. The number of thioether (sulfide) groups is 1. The van der Waals surface area contributed by atoms with Gasteiger partial charge in [0.05, 0.1) is 11.5 Å². The standard InChI is InChI=1S/C34H33N3O8S/c1-21(2)34(35-18-23-14-16-26(17-15-23)37(42)43)32(41)36-29(27(20-46-33(34)36)28(19-38)44-22(3)39)31(40)45-30(24-10-6-4-7-11-24)25-12-8-5-9-13-25/h4-18,21,28,30,33,38H,19-20H2,1-3H3/t28?,33-,34?/m1/s1. The zero-order chi connectivity index (χ0) is 33.0. The van der Waals surface area contributed by atoms with Crippen molar-refractivity contribution in [2.75, 3.05) is 12.4 Å². The third kappa shape index (κ3) is 6.18. The van der Waals surface area contributed by atoms with Crippen molar-refractivity contribution in [3.05, 3.63) is 123 Å². The number of rotatable bonds is 11. The molecule has 3 aromatic rings. The van der Waals surface area contributed by atoms with Crippen LogP contribution in [0.1, 0.15) is 43.6 Å². The number of aliphatic hydroxyl groups excluding tert-OH is 1. The number of nitro groups is 1. The van der Waals surface area contributed by atoms with Gasteiger partial charge in [-0.2, -0.15) is 0 Å². The molecule has 1 N–H and O–H groups in total. The number of esters is 2. The molecule has 0 radical (unpaired) electrons. The van der Waals surface area contributed by atoms with Gasteiger partial charge in [-0.15, -0.1) is 11.8 Å². The molecule has 2 aliphatic heterocycles. The molecule has 5 rings (SSSR count). The molecule has 238 valence electrons. The van der Waals surface area contributed by atoms with Crippen molar-refractivity contribution in [2.45, 2.75) is 43.9 Å². The van der Waals surface area contributed by atoms with Crippen molar-refractivity contribution in [2.24, 2.45) is 10.9 Å². The number of hydrogen-bond acceptors (Lipinski definition) is 10. The number of aliphatic imine (C=N–C) groups is 1. The molecular weight excluding hydrogens is 610 g/mol. The van der Waals surface area contributed by atoms with Crippen molar-refractivity contribution < 1.29 is 33.9 Å². The van der Waals surface area contributed by atoms with Gasteiger partial charge < -0.3 is 14.6 Å². The number of nitro benzene ring substituents is 1. The van der Waals surface area contributed by atoms with Crippen molar-refractivity contribution in [3.8, 4) is 0 Å². The average molecular weight is 644 g/mol. The summed E-state index contributed by atoms with van der Waals surface area (Å²) >= 11 is 1.34. The van der Waals surface area contributed by atoms with E-state index in [1.807, 2.05) is 74.5 Å². The average Bonchev–Trinajstić information content (AvgIpc) is 3.06. The van der Waals surface area contributed by atoms with E-state index in [0.717, 1.165) is 0 Å². The van der Waals surface area contributed by atoms with Crippen LogP contribution in [0.3, 0.4) is 0 Å². The van der Waals surface area contributed by atoms with E-state index in [4.69, 9.17) is 14.5 Å². The molecule has 2 heterocycles. The summed E-state index contributed by atoms with van der Waals surface area (Å²) in [5.74, 6) is -2.07. The Morgan fingerprint density at radius 1 is 1.04 bits per heavy atom. The highest BCUT2D eigenvalue weighted by molar-refractivity contribution is 8.00. The number of hydrogen-bond donors (Lipinski definition) is 1. The van der Waals surface area contributed by atoms with Crippen LogP contribution in [0.4, 0.5) is 5.69 Å². The van der Waals surface area contributed by atoms with Crippen molar-refractivity contribution in [1.29, 1.82) is 0 Å². The number of non-ortho nitro benzene ring substituents is 1. The minimum atomic E-state index is -1.27. The van der Waals surface area contributed by atoms with Crippen LogP contribution in [0.15, 0.2) is 101 Å². The number of β-lactam (4-membered cyclic amide) rings is 1. The number of amides is 1. The fourth-order valence-corrected chi connectivity index (χ4v) is 7.35. The quantitative estimate of drug-likeness (QED) is 0.102. The van der Waals surface area contributed by atoms with Crippen LogP contribution in [-0.4, -0.2) is 68.4 Å². The van der Waals surface area contributed by atoms with E-state index in [9.17, 15) is 29.6 Å². The second-order valence-corrected chi connectivity index (χ2v) is 12.3. The molecule has 0 bridgehead atoms. The lowest BCUT2D eigenvalue weighted by atomic mass is 9.77. The maximum absolute atomic E-state index is 14.3. The molecule has 2 aliphatic rings. The number of carbonyl (C=O) groups is 3. The molecule has 12 heteroatoms. The number of aliphatic hydroxyl groups is 1. The Hall–Kier alpha value is -4.81. The van der Waals surface area contributed by atoms with E-state index in [1.54, 1.807) is 12.1 Å². The molecule has 1 amide bonds. The largest absolute Gasteiger partial charge is 0.455 e. The van der Waals surface area contributed by atoms with Gasteiger partial charge in [0.1, 0.15) is 17.2 Å². The Morgan fingerprint density at radius 2 is 1.63 bits per heavy atom. The van der Waals surface area contributed by atoms with Gasteiger partial charge in [-0.1, -0.05) is 74.5 Å². The molecule has 3 aromatic carbocycles. The predicted octanol–water partition coefficient (Wildman–Crippen LogP) is 4.83. The van der Waals surface area contributed by atoms with Crippen LogP contribution in [-0.2, 0) is 23.9 Å². The van der Waals surface area contributed by atoms with E-state index in [0.29, 0.717) is 16.7 Å². The van der Waals surface area contributed by atoms with E-state index in [2.05, 4.69) is 0 Å². The zero-order valence-corrected chi connectivity index (χ0v) is 26.3. The summed E-state index contributed by atoms with van der Waals surface area (Å²) in [6, 6.07) is 24.2. The zero-order valence-electron chi connectivity index (χ0n) is 25.4. The summed E-state index contributed by atoms with van der Waals surface area (Å²) in [6.07, 6.45) is -0.484. The van der Waals surface area contributed by atoms with Crippen LogP contribution < -0.4 is 0 Å². The maximum Gasteiger partial charge on any atom is 0.356 e. The molecule has 2 unspecified atom stereocenters. The highest BCUT2D eigenvalue weighted by atomic mass is 32.2. The minimum absolute atomic E-state index is 0.0687. The van der Waals surface area contributed by atoms with Crippen LogP contribution in [0.2, 0.25) is 0 Å². The van der Waals surface area contributed by atoms with Gasteiger partial charge >= 0.3 is 11.9 Å². The monoisotopic (exact) mass is 643 g/mol. The number of nitrogens with zero attached hydrogens (tertiary/aromatic N) is 3. The Bertz CT molecular complexity index is 1640. The molecule has 11 nitrogen and oxygen atoms in total. The van der Waals surface area contributed by atoms with Gasteiger partial charge in [0.2, 0.25) is 0 Å². The Kier molecular flexibility index (Phi) is 9.68. The van der Waals surface area contributed by atoms with Gasteiger partial charge in [-0.25, -0.2) is 4.79 Å². The smallest absolute Gasteiger partial charge is 0.356 e. The number of ether oxygens (including phenoxy) is 2. The van der Waals surface area contributed by atoms with E-state index >= 15 is 0 Å². The second-order valence-electron chi connectivity index (χ2n) is 11.2. The highest BCUT2D eigenvalue weighted by Gasteiger charge is 2.66. The lowest BCUT2D eigenvalue weighted by Crippen LogP contribution is -2.75. The molecule has 1 saturated heterocycles. The fraction of sp³-hybridized carbons (Fsp3) is 0.294. The number of benzene rings is 3. The summed E-state index contributed by atoms with van der Waals surface area (Å²) in [7, 11) is 0. The third-order valence-electron chi connectivity index (χ3n) is 8.01. The lowest BCUT2D eigenvalue weighted by Gasteiger charge is -2.57. The van der Waals surface area contributed by atoms with E-state index in [1.165, 1.54) is 41.9 Å². The summed E-state index contributed by atoms with van der Waals surface area (Å²) in [5.41, 5.74) is 0.824. The lowest BCUT2D eigenvalue weighted by molar-refractivity contribution is -0.384. The molecule has 1 fully saturated rings. The van der Waals surface area contributed by atoms with E-state index in [-0.39, 0.29) is 28.6 Å². The minimum Gasteiger partial charge on any atom is -0.455 e. The predicted molar refractivity (Wildman–Crippen MR) is 172 cm³/mol. The van der Waals surface area contributed by atoms with E-state index < -0.39 is 52.5 Å². The summed E-state index contributed by atoms with van der Waals surface area (Å²) in [6.45, 7) is 4.31. The first-order chi connectivity index (χ1) is 22.1. The molecule has 0 spiro atoms. The molecule has 0 aliphatic carbocycles. The first kappa shape index (κ1) is 32.6. The number of fused-ring (bicyclic) bond motifs is 1. The van der Waals surface area contributed by atoms with Crippen molar-refractivity contribution in [1.82, 2.24) is 4.90 Å². The SMILES string of the molecule is CC(=O)OC(CO)C1=C(C(=O)OC(c2ccccc2)c2ccccc2)N2C(=O)C(N=Cc3ccc([N+](=O)[O-])cc3)(C(C)C)[C@H]2SC1. The molecular formula is C34H33N3O8S. The van der Waals surface area contributed by atoms with Crippen LogP contribution in [0.5, 0.6) is 0 Å². The van der Waals surface area contributed by atoms with Crippen LogP contribution >= 0.6 is 11.8 Å². The Labute approximate surface area is 270 Å². The second kappa shape index (κ2) is 13.7. The van der Waals surface area contributed by atoms with Gasteiger partial charge in [-0.05, 0) is 34.7 Å². The summed E-state index contributed by atoms with van der Waals surface area (Å²) in [4.78, 5) is 57.1. The normalized spacial score (nSPS) is 20.0. The third-order valence-corrected chi connectivity index (χ3v) is 9.37. The maximum atomic E-state index is 14.3.